The van der Waals surface area contributed by atoms with Crippen molar-refractivity contribution < 1.29 is 19.2 Å². The summed E-state index contributed by atoms with van der Waals surface area (Å²) in [5.41, 5.74) is 1.34. The van der Waals surface area contributed by atoms with Crippen LogP contribution in [0.3, 0.4) is 0 Å². The van der Waals surface area contributed by atoms with Crippen LogP contribution in [0, 0.1) is 10.1 Å². The van der Waals surface area contributed by atoms with Crippen LogP contribution in [-0.2, 0) is 20.9 Å². The number of ether oxygens (including phenoxy) is 1. The minimum absolute atomic E-state index is 0.0919. The van der Waals surface area contributed by atoms with Gasteiger partial charge in [0, 0.05) is 11.8 Å². The highest BCUT2D eigenvalue weighted by Gasteiger charge is 2.12. The molecule has 0 saturated carbocycles. The maximum Gasteiger partial charge on any atom is 0.381 e. The SMILES string of the molecule is CCOC(=O)/C=C/c1ccc(NC(=O)Cn2cnc([N+](=O)[O-])c2)cc1. The van der Waals surface area contributed by atoms with Crippen molar-refractivity contribution in [2.45, 2.75) is 13.5 Å². The molecule has 0 unspecified atom stereocenters. The second-order valence-corrected chi connectivity index (χ2v) is 4.92. The Hall–Kier alpha value is -3.49. The normalized spacial score (nSPS) is 10.6. The van der Waals surface area contributed by atoms with Gasteiger partial charge in [-0.05, 0) is 40.6 Å². The van der Waals surface area contributed by atoms with E-state index in [-0.39, 0.29) is 18.3 Å². The quantitative estimate of drug-likeness (QED) is 0.355. The van der Waals surface area contributed by atoms with Crippen molar-refractivity contribution in [2.75, 3.05) is 11.9 Å². The molecule has 0 spiro atoms. The fourth-order valence-corrected chi connectivity index (χ4v) is 1.93. The van der Waals surface area contributed by atoms with E-state index in [1.54, 1.807) is 37.3 Å². The van der Waals surface area contributed by atoms with E-state index < -0.39 is 10.9 Å². The summed E-state index contributed by atoms with van der Waals surface area (Å²) >= 11 is 0. The molecule has 0 aliphatic carbocycles. The molecule has 1 amide bonds. The van der Waals surface area contributed by atoms with Gasteiger partial charge >= 0.3 is 11.8 Å². The first kappa shape index (κ1) is 17.9. The van der Waals surface area contributed by atoms with Crippen molar-refractivity contribution in [3.8, 4) is 0 Å². The lowest BCUT2D eigenvalue weighted by Crippen LogP contribution is -2.17. The van der Waals surface area contributed by atoms with E-state index in [1.165, 1.54) is 23.2 Å². The minimum Gasteiger partial charge on any atom is -0.463 e. The molecule has 2 rings (SSSR count). The van der Waals surface area contributed by atoms with E-state index in [2.05, 4.69) is 10.3 Å². The number of hydrogen-bond acceptors (Lipinski definition) is 6. The van der Waals surface area contributed by atoms with Crippen molar-refractivity contribution in [2.24, 2.45) is 0 Å². The molecule has 1 aromatic heterocycles. The molecule has 0 bridgehead atoms. The van der Waals surface area contributed by atoms with Crippen LogP contribution in [0.15, 0.2) is 42.9 Å². The van der Waals surface area contributed by atoms with E-state index >= 15 is 0 Å². The van der Waals surface area contributed by atoms with Crippen molar-refractivity contribution in [1.82, 2.24) is 9.55 Å². The maximum atomic E-state index is 11.9. The third-order valence-corrected chi connectivity index (χ3v) is 3.03. The molecule has 130 valence electrons. The summed E-state index contributed by atoms with van der Waals surface area (Å²) in [5.74, 6) is -1.08. The first-order chi connectivity index (χ1) is 12.0. The molecule has 0 fully saturated rings. The number of rotatable bonds is 7. The zero-order valence-corrected chi connectivity index (χ0v) is 13.4. The van der Waals surface area contributed by atoms with Crippen LogP contribution in [0.25, 0.3) is 6.08 Å². The number of nitrogens with zero attached hydrogens (tertiary/aromatic N) is 3. The van der Waals surface area contributed by atoms with E-state index in [1.807, 2.05) is 0 Å². The number of imidazole rings is 1. The number of nitro groups is 1. The third kappa shape index (κ3) is 5.57. The predicted octanol–water partition coefficient (Wildman–Crippen LogP) is 2.01. The second-order valence-electron chi connectivity index (χ2n) is 4.92. The average molecular weight is 344 g/mol. The summed E-state index contributed by atoms with van der Waals surface area (Å²) in [6, 6.07) is 6.82. The van der Waals surface area contributed by atoms with E-state index in [9.17, 15) is 19.7 Å². The van der Waals surface area contributed by atoms with Crippen LogP contribution in [0.5, 0.6) is 0 Å². The van der Waals surface area contributed by atoms with E-state index in [4.69, 9.17) is 4.74 Å². The number of nitrogens with one attached hydrogen (secondary N) is 1. The lowest BCUT2D eigenvalue weighted by Gasteiger charge is -2.05. The number of carbonyl (C=O) groups excluding carboxylic acids is 2. The smallest absolute Gasteiger partial charge is 0.381 e. The first-order valence-corrected chi connectivity index (χ1v) is 7.39. The molecule has 0 saturated heterocycles. The van der Waals surface area contributed by atoms with Gasteiger partial charge in [0.15, 0.2) is 0 Å². The monoisotopic (exact) mass is 344 g/mol. The number of hydrogen-bond donors (Lipinski definition) is 1. The highest BCUT2D eigenvalue weighted by molar-refractivity contribution is 5.91. The van der Waals surface area contributed by atoms with Crippen LogP contribution in [0.1, 0.15) is 12.5 Å². The van der Waals surface area contributed by atoms with Gasteiger partial charge in [0.1, 0.15) is 12.7 Å². The molecular formula is C16H16N4O5. The van der Waals surface area contributed by atoms with Gasteiger partial charge in [0.25, 0.3) is 0 Å². The zero-order valence-electron chi connectivity index (χ0n) is 13.4. The Morgan fingerprint density at radius 2 is 2.08 bits per heavy atom. The summed E-state index contributed by atoms with van der Waals surface area (Å²) in [7, 11) is 0. The van der Waals surface area contributed by atoms with Gasteiger partial charge in [-0.3, -0.25) is 4.79 Å². The lowest BCUT2D eigenvalue weighted by atomic mass is 10.2. The fourth-order valence-electron chi connectivity index (χ4n) is 1.93. The molecule has 0 aliphatic rings. The number of esters is 1. The van der Waals surface area contributed by atoms with Crippen LogP contribution < -0.4 is 5.32 Å². The van der Waals surface area contributed by atoms with E-state index in [0.717, 1.165) is 5.56 Å². The number of aromatic nitrogens is 2. The van der Waals surface area contributed by atoms with Gasteiger partial charge < -0.3 is 24.7 Å². The Bertz CT molecular complexity index is 795. The number of carbonyl (C=O) groups is 2. The van der Waals surface area contributed by atoms with Gasteiger partial charge in [0.2, 0.25) is 12.2 Å². The molecule has 1 heterocycles. The standard InChI is InChI=1S/C16H16N4O5/c1-2-25-16(22)8-5-12-3-6-13(7-4-12)18-15(21)10-19-9-14(17-11-19)20(23)24/h3-9,11H,2,10H2,1H3,(H,18,21)/b8-5+. The molecule has 25 heavy (non-hydrogen) atoms. The summed E-state index contributed by atoms with van der Waals surface area (Å²) < 4.78 is 6.10. The molecule has 9 nitrogen and oxygen atoms in total. The van der Waals surface area contributed by atoms with Crippen molar-refractivity contribution in [1.29, 1.82) is 0 Å². The topological polar surface area (TPSA) is 116 Å². The second kappa shape index (κ2) is 8.39. The van der Waals surface area contributed by atoms with Crippen molar-refractivity contribution in [3.05, 3.63) is 58.5 Å². The number of amides is 1. The Morgan fingerprint density at radius 1 is 1.36 bits per heavy atom. The Balaban J connectivity index is 1.90. The Morgan fingerprint density at radius 3 is 2.68 bits per heavy atom. The molecule has 0 radical (unpaired) electrons. The zero-order chi connectivity index (χ0) is 18.2. The minimum atomic E-state index is -0.628. The summed E-state index contributed by atoms with van der Waals surface area (Å²) in [6.07, 6.45) is 5.33. The molecule has 2 aromatic rings. The largest absolute Gasteiger partial charge is 0.463 e. The average Bonchev–Trinajstić information content (AvgIpc) is 3.03. The first-order valence-electron chi connectivity index (χ1n) is 7.39. The summed E-state index contributed by atoms with van der Waals surface area (Å²) in [6.45, 7) is 1.95. The van der Waals surface area contributed by atoms with Gasteiger partial charge in [-0.2, -0.15) is 0 Å². The highest BCUT2D eigenvalue weighted by Crippen LogP contribution is 2.12. The van der Waals surface area contributed by atoms with Gasteiger partial charge in [-0.25, -0.2) is 4.79 Å². The van der Waals surface area contributed by atoms with E-state index in [0.29, 0.717) is 12.3 Å². The molecule has 1 aromatic carbocycles. The Kier molecular flexibility index (Phi) is 5.99. The molecular weight excluding hydrogens is 328 g/mol. The van der Waals surface area contributed by atoms with Gasteiger partial charge in [0.05, 0.1) is 6.61 Å². The highest BCUT2D eigenvalue weighted by atomic mass is 16.6. The van der Waals surface area contributed by atoms with Gasteiger partial charge in [-0.1, -0.05) is 12.1 Å². The summed E-state index contributed by atoms with van der Waals surface area (Å²) in [4.78, 5) is 36.7. The van der Waals surface area contributed by atoms with Crippen molar-refractivity contribution >= 4 is 29.5 Å². The van der Waals surface area contributed by atoms with Crippen LogP contribution in [0.2, 0.25) is 0 Å². The number of benzene rings is 1. The molecule has 0 atom stereocenters. The third-order valence-electron chi connectivity index (χ3n) is 3.03. The Labute approximate surface area is 143 Å². The maximum absolute atomic E-state index is 11.9. The predicted molar refractivity (Wildman–Crippen MR) is 89.6 cm³/mol. The number of anilines is 1. The lowest BCUT2D eigenvalue weighted by molar-refractivity contribution is -0.389. The molecule has 0 aliphatic heterocycles. The van der Waals surface area contributed by atoms with Crippen LogP contribution in [-0.4, -0.2) is 33.0 Å². The van der Waals surface area contributed by atoms with Gasteiger partial charge in [-0.15, -0.1) is 0 Å². The fraction of sp³-hybridized carbons (Fsp3) is 0.188. The molecule has 9 heteroatoms. The summed E-state index contributed by atoms with van der Waals surface area (Å²) in [5, 5.41) is 13.2. The van der Waals surface area contributed by atoms with Crippen LogP contribution in [0.4, 0.5) is 11.5 Å². The van der Waals surface area contributed by atoms with Crippen LogP contribution >= 0.6 is 0 Å². The van der Waals surface area contributed by atoms with Crippen molar-refractivity contribution in [3.63, 3.8) is 0 Å². The molecule has 1 N–H and O–H groups in total.